The molecule has 2 aromatic rings. The van der Waals surface area contributed by atoms with Gasteiger partial charge in [0.1, 0.15) is 5.69 Å². The van der Waals surface area contributed by atoms with Crippen molar-refractivity contribution in [2.24, 2.45) is 0 Å². The average molecular weight is 292 g/mol. The SMILES string of the molecule is C#CCOC(=O)c1snnc1-c1cnc(SC)nc1. The van der Waals surface area contributed by atoms with Crippen LogP contribution in [0.1, 0.15) is 9.67 Å². The standard InChI is InChI=1S/C11H8N4O2S2/c1-3-4-17-10(16)9-8(14-15-19-9)7-5-12-11(18-2)13-6-7/h1,5-6H,4H2,2H3. The molecule has 0 saturated heterocycles. The minimum absolute atomic E-state index is 0.0852. The monoisotopic (exact) mass is 292 g/mol. The number of aromatic nitrogens is 4. The van der Waals surface area contributed by atoms with E-state index in [4.69, 9.17) is 11.2 Å². The van der Waals surface area contributed by atoms with E-state index >= 15 is 0 Å². The zero-order chi connectivity index (χ0) is 13.7. The summed E-state index contributed by atoms with van der Waals surface area (Å²) in [5.41, 5.74) is 1.01. The Labute approximate surface area is 117 Å². The van der Waals surface area contributed by atoms with Gasteiger partial charge < -0.3 is 4.74 Å². The Balaban J connectivity index is 2.28. The van der Waals surface area contributed by atoms with Gasteiger partial charge in [0, 0.05) is 18.0 Å². The summed E-state index contributed by atoms with van der Waals surface area (Å²) in [6.45, 7) is -0.0852. The number of hydrogen-bond acceptors (Lipinski definition) is 8. The van der Waals surface area contributed by atoms with Crippen LogP contribution in [0.25, 0.3) is 11.3 Å². The third kappa shape index (κ3) is 3.07. The lowest BCUT2D eigenvalue weighted by atomic mass is 10.2. The third-order valence-electron chi connectivity index (χ3n) is 2.04. The summed E-state index contributed by atoms with van der Waals surface area (Å²) in [4.78, 5) is 20.3. The van der Waals surface area contributed by atoms with Gasteiger partial charge in [-0.2, -0.15) is 0 Å². The number of thioether (sulfide) groups is 1. The Hall–Kier alpha value is -1.98. The van der Waals surface area contributed by atoms with Crippen molar-refractivity contribution in [3.8, 4) is 23.6 Å². The highest BCUT2D eigenvalue weighted by molar-refractivity contribution is 7.98. The topological polar surface area (TPSA) is 77.9 Å². The molecule has 2 heterocycles. The van der Waals surface area contributed by atoms with Gasteiger partial charge in [-0.25, -0.2) is 14.8 Å². The summed E-state index contributed by atoms with van der Waals surface area (Å²) in [5.74, 6) is 1.68. The van der Waals surface area contributed by atoms with Gasteiger partial charge >= 0.3 is 5.97 Å². The molecule has 0 atom stereocenters. The van der Waals surface area contributed by atoms with Gasteiger partial charge in [0.2, 0.25) is 0 Å². The predicted octanol–water partition coefficient (Wildman–Crippen LogP) is 1.51. The first kappa shape index (κ1) is 13.5. The Morgan fingerprint density at radius 2 is 2.26 bits per heavy atom. The van der Waals surface area contributed by atoms with Crippen molar-refractivity contribution in [3.63, 3.8) is 0 Å². The number of terminal acetylenes is 1. The first-order chi connectivity index (χ1) is 9.26. The molecule has 0 unspecified atom stereocenters. The van der Waals surface area contributed by atoms with E-state index in [0.717, 1.165) is 11.5 Å². The van der Waals surface area contributed by atoms with Crippen LogP contribution in [0, 0.1) is 12.3 Å². The fourth-order valence-electron chi connectivity index (χ4n) is 1.23. The number of esters is 1. The second-order valence-corrected chi connectivity index (χ2v) is 4.72. The maximum Gasteiger partial charge on any atom is 0.353 e. The number of rotatable bonds is 4. The molecule has 8 heteroatoms. The lowest BCUT2D eigenvalue weighted by molar-refractivity contribution is 0.0563. The molecule has 0 aliphatic carbocycles. The summed E-state index contributed by atoms with van der Waals surface area (Å²) in [6.07, 6.45) is 10.1. The molecular formula is C11H8N4O2S2. The van der Waals surface area contributed by atoms with Crippen molar-refractivity contribution in [2.75, 3.05) is 12.9 Å². The molecule has 0 bridgehead atoms. The van der Waals surface area contributed by atoms with Crippen LogP contribution in [0.2, 0.25) is 0 Å². The van der Waals surface area contributed by atoms with Crippen LogP contribution in [0.4, 0.5) is 0 Å². The van der Waals surface area contributed by atoms with Crippen molar-refractivity contribution in [2.45, 2.75) is 5.16 Å². The first-order valence-corrected chi connectivity index (χ1v) is 7.05. The Bertz CT molecular complexity index is 618. The molecule has 2 rings (SSSR count). The summed E-state index contributed by atoms with van der Waals surface area (Å²) < 4.78 is 8.60. The maximum atomic E-state index is 11.7. The fraction of sp³-hybridized carbons (Fsp3) is 0.182. The van der Waals surface area contributed by atoms with Gasteiger partial charge in [-0.3, -0.25) is 0 Å². The van der Waals surface area contributed by atoms with E-state index in [1.165, 1.54) is 11.8 Å². The molecule has 0 spiro atoms. The lowest BCUT2D eigenvalue weighted by Crippen LogP contribution is -2.05. The number of ether oxygens (including phenoxy) is 1. The van der Waals surface area contributed by atoms with Crippen LogP contribution >= 0.6 is 23.3 Å². The highest BCUT2D eigenvalue weighted by Gasteiger charge is 2.19. The third-order valence-corrected chi connectivity index (χ3v) is 3.33. The van der Waals surface area contributed by atoms with Crippen LogP contribution in [0.15, 0.2) is 17.6 Å². The van der Waals surface area contributed by atoms with Crippen molar-refractivity contribution in [3.05, 3.63) is 17.3 Å². The van der Waals surface area contributed by atoms with Crippen molar-refractivity contribution in [1.82, 2.24) is 19.6 Å². The van der Waals surface area contributed by atoms with Gasteiger partial charge in [0.25, 0.3) is 0 Å². The molecule has 0 amide bonds. The second-order valence-electron chi connectivity index (χ2n) is 3.19. The minimum Gasteiger partial charge on any atom is -0.448 e. The second kappa shape index (κ2) is 6.26. The predicted molar refractivity (Wildman–Crippen MR) is 71.8 cm³/mol. The fourth-order valence-corrected chi connectivity index (χ4v) is 2.13. The summed E-state index contributed by atoms with van der Waals surface area (Å²) in [5, 5.41) is 4.54. The first-order valence-electron chi connectivity index (χ1n) is 5.05. The summed E-state index contributed by atoms with van der Waals surface area (Å²) in [7, 11) is 0. The Morgan fingerprint density at radius 1 is 1.53 bits per heavy atom. The molecule has 0 aliphatic rings. The van der Waals surface area contributed by atoms with E-state index < -0.39 is 5.97 Å². The molecule has 96 valence electrons. The van der Waals surface area contributed by atoms with Gasteiger partial charge in [-0.1, -0.05) is 22.2 Å². The van der Waals surface area contributed by atoms with Gasteiger partial charge in [-0.05, 0) is 17.8 Å². The zero-order valence-electron chi connectivity index (χ0n) is 9.86. The lowest BCUT2D eigenvalue weighted by Gasteiger charge is -2.01. The van der Waals surface area contributed by atoms with Gasteiger partial charge in [0.15, 0.2) is 16.6 Å². The van der Waals surface area contributed by atoms with Gasteiger partial charge in [-0.15, -0.1) is 11.5 Å². The largest absolute Gasteiger partial charge is 0.448 e. The molecule has 0 saturated carbocycles. The van der Waals surface area contributed by atoms with Crippen molar-refractivity contribution >= 4 is 29.3 Å². The normalized spacial score (nSPS) is 9.89. The smallest absolute Gasteiger partial charge is 0.353 e. The van der Waals surface area contributed by atoms with Crippen LogP contribution < -0.4 is 0 Å². The molecule has 6 nitrogen and oxygen atoms in total. The van der Waals surface area contributed by atoms with Crippen LogP contribution in [-0.4, -0.2) is 38.4 Å². The molecule has 0 fully saturated rings. The Kier molecular flexibility index (Phi) is 4.43. The van der Waals surface area contributed by atoms with Crippen LogP contribution in [0.5, 0.6) is 0 Å². The van der Waals surface area contributed by atoms with E-state index in [9.17, 15) is 4.79 Å². The van der Waals surface area contributed by atoms with Gasteiger partial charge in [0.05, 0.1) is 0 Å². The van der Waals surface area contributed by atoms with Crippen molar-refractivity contribution < 1.29 is 9.53 Å². The maximum absolute atomic E-state index is 11.7. The van der Waals surface area contributed by atoms with Crippen LogP contribution in [-0.2, 0) is 4.74 Å². The number of carbonyl (C=O) groups excluding carboxylic acids is 1. The molecule has 2 aromatic heterocycles. The van der Waals surface area contributed by atoms with E-state index in [-0.39, 0.29) is 11.5 Å². The minimum atomic E-state index is -0.545. The van der Waals surface area contributed by atoms with Crippen molar-refractivity contribution in [1.29, 1.82) is 0 Å². The molecule has 0 radical (unpaired) electrons. The molecule has 0 aromatic carbocycles. The molecule has 19 heavy (non-hydrogen) atoms. The Morgan fingerprint density at radius 3 is 2.89 bits per heavy atom. The molecule has 0 aliphatic heterocycles. The summed E-state index contributed by atoms with van der Waals surface area (Å²) >= 11 is 2.37. The van der Waals surface area contributed by atoms with E-state index in [2.05, 4.69) is 25.5 Å². The quantitative estimate of drug-likeness (QED) is 0.366. The van der Waals surface area contributed by atoms with E-state index in [1.54, 1.807) is 12.4 Å². The van der Waals surface area contributed by atoms with Crippen LogP contribution in [0.3, 0.4) is 0 Å². The molecular weight excluding hydrogens is 284 g/mol. The highest BCUT2D eigenvalue weighted by Crippen LogP contribution is 2.24. The average Bonchev–Trinajstić information content (AvgIpc) is 2.94. The number of nitrogens with zero attached hydrogens (tertiary/aromatic N) is 4. The molecule has 0 N–H and O–H groups in total. The zero-order valence-corrected chi connectivity index (χ0v) is 11.5. The van der Waals surface area contributed by atoms with E-state index in [0.29, 0.717) is 16.4 Å². The summed E-state index contributed by atoms with van der Waals surface area (Å²) in [6, 6.07) is 0. The number of hydrogen-bond donors (Lipinski definition) is 0. The number of carbonyl (C=O) groups is 1. The highest BCUT2D eigenvalue weighted by atomic mass is 32.2. The van der Waals surface area contributed by atoms with E-state index in [1.807, 2.05) is 6.26 Å².